The monoisotopic (exact) mass is 237 g/mol. The number of hydrogen-bond acceptors (Lipinski definition) is 6. The molecule has 0 saturated heterocycles. The van der Waals surface area contributed by atoms with Crippen LogP contribution in [-0.2, 0) is 0 Å². The fourth-order valence-electron chi connectivity index (χ4n) is 0.933. The maximum absolute atomic E-state index is 4.21. The summed E-state index contributed by atoms with van der Waals surface area (Å²) in [7, 11) is 0. The van der Waals surface area contributed by atoms with Crippen molar-refractivity contribution in [2.45, 2.75) is 5.16 Å². The van der Waals surface area contributed by atoms with Crippen LogP contribution >= 0.6 is 11.8 Å². The Labute approximate surface area is 99.5 Å². The lowest BCUT2D eigenvalue weighted by molar-refractivity contribution is 0.905. The van der Waals surface area contributed by atoms with Crippen molar-refractivity contribution >= 4 is 23.7 Å². The van der Waals surface area contributed by atoms with Gasteiger partial charge in [-0.25, -0.2) is 0 Å². The highest BCUT2D eigenvalue weighted by atomic mass is 32.2. The van der Waals surface area contributed by atoms with Gasteiger partial charge < -0.3 is 10.6 Å². The largest absolute Gasteiger partial charge is 0.351 e. The highest BCUT2D eigenvalue weighted by Crippen LogP contribution is 2.13. The third-order valence-corrected chi connectivity index (χ3v) is 2.15. The van der Waals surface area contributed by atoms with E-state index in [1.807, 2.05) is 6.26 Å². The zero-order valence-corrected chi connectivity index (χ0v) is 10.0. The molecule has 86 valence electrons. The second kappa shape index (κ2) is 6.84. The van der Waals surface area contributed by atoms with Gasteiger partial charge in [0, 0.05) is 13.1 Å². The van der Waals surface area contributed by atoms with Crippen LogP contribution < -0.4 is 10.6 Å². The van der Waals surface area contributed by atoms with Crippen LogP contribution in [0.4, 0.5) is 11.9 Å². The molecule has 0 amide bonds. The maximum Gasteiger partial charge on any atom is 0.228 e. The lowest BCUT2D eigenvalue weighted by Crippen LogP contribution is -2.09. The van der Waals surface area contributed by atoms with Crippen molar-refractivity contribution in [3.63, 3.8) is 0 Å². The molecule has 0 unspecified atom stereocenters. The summed E-state index contributed by atoms with van der Waals surface area (Å²) in [5.74, 6) is 1.09. The van der Waals surface area contributed by atoms with Crippen LogP contribution in [0.1, 0.15) is 0 Å². The highest BCUT2D eigenvalue weighted by Gasteiger charge is 2.03. The summed E-state index contributed by atoms with van der Waals surface area (Å²) in [5.41, 5.74) is 0. The van der Waals surface area contributed by atoms with Gasteiger partial charge in [-0.05, 0) is 6.26 Å². The van der Waals surface area contributed by atoms with Crippen molar-refractivity contribution in [3.05, 3.63) is 25.3 Å². The van der Waals surface area contributed by atoms with E-state index in [2.05, 4.69) is 38.7 Å². The molecule has 0 atom stereocenters. The van der Waals surface area contributed by atoms with E-state index in [-0.39, 0.29) is 0 Å². The summed E-state index contributed by atoms with van der Waals surface area (Å²) in [6.07, 6.45) is 5.42. The molecule has 0 aromatic carbocycles. The minimum atomic E-state index is 0.547. The Balaban J connectivity index is 2.81. The summed E-state index contributed by atoms with van der Waals surface area (Å²) < 4.78 is 0. The molecule has 0 fully saturated rings. The van der Waals surface area contributed by atoms with Crippen molar-refractivity contribution < 1.29 is 0 Å². The minimum Gasteiger partial charge on any atom is -0.351 e. The molecule has 1 heterocycles. The van der Waals surface area contributed by atoms with E-state index < -0.39 is 0 Å². The molecule has 16 heavy (non-hydrogen) atoms. The van der Waals surface area contributed by atoms with E-state index in [0.717, 1.165) is 0 Å². The van der Waals surface area contributed by atoms with Gasteiger partial charge in [0.05, 0.1) is 0 Å². The van der Waals surface area contributed by atoms with Crippen molar-refractivity contribution in [1.29, 1.82) is 0 Å². The summed E-state index contributed by atoms with van der Waals surface area (Å²) in [6, 6.07) is 0. The average molecular weight is 237 g/mol. The third kappa shape index (κ3) is 3.90. The van der Waals surface area contributed by atoms with Gasteiger partial charge in [0.25, 0.3) is 0 Å². The van der Waals surface area contributed by atoms with Gasteiger partial charge in [-0.1, -0.05) is 23.9 Å². The number of rotatable bonds is 7. The van der Waals surface area contributed by atoms with Gasteiger partial charge in [-0.3, -0.25) is 0 Å². The van der Waals surface area contributed by atoms with Crippen LogP contribution in [-0.4, -0.2) is 34.3 Å². The van der Waals surface area contributed by atoms with Crippen molar-refractivity contribution in [2.75, 3.05) is 30.0 Å². The Morgan fingerprint density at radius 2 is 1.56 bits per heavy atom. The van der Waals surface area contributed by atoms with Crippen LogP contribution in [0.5, 0.6) is 0 Å². The topological polar surface area (TPSA) is 62.7 Å². The zero-order valence-electron chi connectivity index (χ0n) is 9.23. The zero-order chi connectivity index (χ0) is 11.8. The highest BCUT2D eigenvalue weighted by molar-refractivity contribution is 7.98. The molecule has 0 bridgehead atoms. The van der Waals surface area contributed by atoms with E-state index in [9.17, 15) is 0 Å². The average Bonchev–Trinajstić information content (AvgIpc) is 2.33. The third-order valence-electron chi connectivity index (χ3n) is 1.61. The number of anilines is 2. The Morgan fingerprint density at radius 3 is 1.94 bits per heavy atom. The molecule has 1 aromatic rings. The van der Waals surface area contributed by atoms with Crippen molar-refractivity contribution in [1.82, 2.24) is 15.0 Å². The number of aromatic nitrogens is 3. The van der Waals surface area contributed by atoms with Gasteiger partial charge in [0.1, 0.15) is 0 Å². The summed E-state index contributed by atoms with van der Waals surface area (Å²) in [4.78, 5) is 12.6. The summed E-state index contributed by atoms with van der Waals surface area (Å²) in [6.45, 7) is 8.49. The number of nitrogens with one attached hydrogen (secondary N) is 2. The first kappa shape index (κ1) is 12.5. The standard InChI is InChI=1S/C10H15N5S/c1-4-6-11-8-13-9(12-7-5-2)15-10(14-8)16-3/h4-5H,1-2,6-7H2,3H3,(H2,11,12,13,14,15). The van der Waals surface area contributed by atoms with E-state index in [1.54, 1.807) is 12.2 Å². The fraction of sp³-hybridized carbons (Fsp3) is 0.300. The molecule has 0 aliphatic rings. The maximum atomic E-state index is 4.21. The molecule has 1 aromatic heterocycles. The Kier molecular flexibility index (Phi) is 5.35. The number of hydrogen-bond donors (Lipinski definition) is 2. The molecular weight excluding hydrogens is 222 g/mol. The fourth-order valence-corrected chi connectivity index (χ4v) is 1.29. The van der Waals surface area contributed by atoms with Gasteiger partial charge in [-0.15, -0.1) is 13.2 Å². The Hall–Kier alpha value is -1.56. The lowest BCUT2D eigenvalue weighted by Gasteiger charge is -2.06. The van der Waals surface area contributed by atoms with Crippen LogP contribution in [0.2, 0.25) is 0 Å². The number of thioether (sulfide) groups is 1. The molecular formula is C10H15N5S. The first-order valence-corrected chi connectivity index (χ1v) is 6.02. The summed E-state index contributed by atoms with van der Waals surface area (Å²) >= 11 is 1.47. The smallest absolute Gasteiger partial charge is 0.228 e. The van der Waals surface area contributed by atoms with Gasteiger partial charge >= 0.3 is 0 Å². The molecule has 0 aliphatic heterocycles. The predicted octanol–water partition coefficient (Wildman–Crippen LogP) is 1.79. The Morgan fingerprint density at radius 1 is 1.06 bits per heavy atom. The van der Waals surface area contributed by atoms with Crippen LogP contribution in [0, 0.1) is 0 Å². The van der Waals surface area contributed by atoms with Gasteiger partial charge in [0.2, 0.25) is 11.9 Å². The minimum absolute atomic E-state index is 0.547. The summed E-state index contributed by atoms with van der Waals surface area (Å²) in [5, 5.41) is 6.73. The first-order valence-electron chi connectivity index (χ1n) is 4.79. The molecule has 0 spiro atoms. The second-order valence-electron chi connectivity index (χ2n) is 2.81. The van der Waals surface area contributed by atoms with Gasteiger partial charge in [-0.2, -0.15) is 15.0 Å². The quantitative estimate of drug-likeness (QED) is 0.557. The Bertz CT molecular complexity index is 336. The first-order chi connectivity index (χ1) is 7.80. The molecule has 0 aliphatic carbocycles. The van der Waals surface area contributed by atoms with Crippen molar-refractivity contribution in [2.24, 2.45) is 0 Å². The van der Waals surface area contributed by atoms with Crippen LogP contribution in [0.15, 0.2) is 30.5 Å². The van der Waals surface area contributed by atoms with Gasteiger partial charge in [0.15, 0.2) is 5.16 Å². The molecule has 0 radical (unpaired) electrons. The molecule has 0 saturated carbocycles. The van der Waals surface area contributed by atoms with E-state index >= 15 is 0 Å². The molecule has 6 heteroatoms. The van der Waals surface area contributed by atoms with E-state index in [1.165, 1.54) is 11.8 Å². The van der Waals surface area contributed by atoms with Crippen molar-refractivity contribution in [3.8, 4) is 0 Å². The molecule has 2 N–H and O–H groups in total. The van der Waals surface area contributed by atoms with Crippen LogP contribution in [0.3, 0.4) is 0 Å². The number of nitrogens with zero attached hydrogens (tertiary/aromatic N) is 3. The predicted molar refractivity (Wildman–Crippen MR) is 69.0 cm³/mol. The lowest BCUT2D eigenvalue weighted by atomic mass is 10.6. The molecule has 1 rings (SSSR count). The van der Waals surface area contributed by atoms with E-state index in [4.69, 9.17) is 0 Å². The van der Waals surface area contributed by atoms with E-state index in [0.29, 0.717) is 30.1 Å². The SMILES string of the molecule is C=CCNc1nc(NCC=C)nc(SC)n1. The normalized spacial score (nSPS) is 9.56. The van der Waals surface area contributed by atoms with Crippen LogP contribution in [0.25, 0.3) is 0 Å². The molecule has 5 nitrogen and oxygen atoms in total. The second-order valence-corrected chi connectivity index (χ2v) is 3.58.